The molecule has 0 aliphatic rings. The summed E-state index contributed by atoms with van der Waals surface area (Å²) in [6.45, 7) is 3.59. The summed E-state index contributed by atoms with van der Waals surface area (Å²) in [6, 6.07) is -0.968. The SMILES string of the molecule is CNC(=O)C(C)CN(C)CC(NC(C)=O)C(=O)O. The number of carboxylic acid groups (broad SMARTS) is 1. The van der Waals surface area contributed by atoms with Gasteiger partial charge in [0.25, 0.3) is 0 Å². The molecule has 3 N–H and O–H groups in total. The number of carbonyl (C=O) groups is 3. The first-order chi connectivity index (χ1) is 8.27. The quantitative estimate of drug-likeness (QED) is 0.538. The molecular weight excluding hydrogens is 238 g/mol. The van der Waals surface area contributed by atoms with Gasteiger partial charge in [-0.15, -0.1) is 0 Å². The lowest BCUT2D eigenvalue weighted by Crippen LogP contribution is -2.48. The van der Waals surface area contributed by atoms with Gasteiger partial charge in [-0.1, -0.05) is 6.92 Å². The van der Waals surface area contributed by atoms with Gasteiger partial charge in [0.05, 0.1) is 0 Å². The van der Waals surface area contributed by atoms with E-state index in [0.717, 1.165) is 0 Å². The minimum Gasteiger partial charge on any atom is -0.480 e. The molecule has 0 bridgehead atoms. The van der Waals surface area contributed by atoms with Crippen molar-refractivity contribution >= 4 is 17.8 Å². The molecule has 2 atom stereocenters. The third-order valence-corrected chi connectivity index (χ3v) is 2.45. The number of aliphatic carboxylic acids is 1. The molecule has 0 aromatic carbocycles. The van der Waals surface area contributed by atoms with Crippen LogP contribution >= 0.6 is 0 Å². The number of carbonyl (C=O) groups excluding carboxylic acids is 2. The molecule has 0 spiro atoms. The smallest absolute Gasteiger partial charge is 0.327 e. The van der Waals surface area contributed by atoms with Crippen LogP contribution in [-0.2, 0) is 14.4 Å². The van der Waals surface area contributed by atoms with Gasteiger partial charge >= 0.3 is 5.97 Å². The van der Waals surface area contributed by atoms with E-state index in [1.165, 1.54) is 6.92 Å². The number of nitrogens with one attached hydrogen (secondary N) is 2. The molecule has 0 aromatic rings. The standard InChI is InChI=1S/C11H21N3O4/c1-7(10(16)12-3)5-14(4)6-9(11(17)18)13-8(2)15/h7,9H,5-6H2,1-4H3,(H,12,16)(H,13,15)(H,17,18). The van der Waals surface area contributed by atoms with Crippen LogP contribution in [0.2, 0.25) is 0 Å². The molecule has 0 radical (unpaired) electrons. The monoisotopic (exact) mass is 259 g/mol. The Labute approximate surface area is 107 Å². The van der Waals surface area contributed by atoms with Gasteiger partial charge in [0.15, 0.2) is 0 Å². The van der Waals surface area contributed by atoms with Crippen molar-refractivity contribution in [3.05, 3.63) is 0 Å². The van der Waals surface area contributed by atoms with Crippen molar-refractivity contribution in [2.75, 3.05) is 27.2 Å². The molecule has 7 heteroatoms. The topological polar surface area (TPSA) is 98.7 Å². The maximum absolute atomic E-state index is 11.3. The largest absolute Gasteiger partial charge is 0.480 e. The first-order valence-electron chi connectivity index (χ1n) is 5.68. The number of likely N-dealkylation sites (N-methyl/N-ethyl adjacent to an activating group) is 1. The van der Waals surface area contributed by atoms with Crippen molar-refractivity contribution in [1.29, 1.82) is 0 Å². The van der Waals surface area contributed by atoms with Crippen LogP contribution in [0, 0.1) is 5.92 Å². The predicted octanol–water partition coefficient (Wildman–Crippen LogP) is -1.11. The zero-order valence-corrected chi connectivity index (χ0v) is 11.2. The van der Waals surface area contributed by atoms with Crippen molar-refractivity contribution in [1.82, 2.24) is 15.5 Å². The molecule has 0 aromatic heterocycles. The van der Waals surface area contributed by atoms with E-state index in [-0.39, 0.29) is 18.4 Å². The lowest BCUT2D eigenvalue weighted by atomic mass is 10.1. The summed E-state index contributed by atoms with van der Waals surface area (Å²) in [6.07, 6.45) is 0. The van der Waals surface area contributed by atoms with Crippen molar-refractivity contribution in [2.45, 2.75) is 19.9 Å². The van der Waals surface area contributed by atoms with Gasteiger partial charge in [-0.3, -0.25) is 9.59 Å². The molecule has 104 valence electrons. The highest BCUT2D eigenvalue weighted by molar-refractivity contribution is 5.82. The van der Waals surface area contributed by atoms with E-state index in [1.807, 2.05) is 0 Å². The Hall–Kier alpha value is -1.63. The first kappa shape index (κ1) is 16.4. The summed E-state index contributed by atoms with van der Waals surface area (Å²) in [5.41, 5.74) is 0. The summed E-state index contributed by atoms with van der Waals surface area (Å²) in [7, 11) is 3.26. The van der Waals surface area contributed by atoms with Gasteiger partial charge in [-0.2, -0.15) is 0 Å². The van der Waals surface area contributed by atoms with E-state index >= 15 is 0 Å². The Balaban J connectivity index is 4.33. The molecule has 0 aliphatic heterocycles. The van der Waals surface area contributed by atoms with E-state index in [9.17, 15) is 14.4 Å². The molecule has 18 heavy (non-hydrogen) atoms. The van der Waals surface area contributed by atoms with E-state index in [1.54, 1.807) is 25.9 Å². The normalized spacial score (nSPS) is 13.8. The van der Waals surface area contributed by atoms with Gasteiger partial charge in [0, 0.05) is 33.0 Å². The second-order valence-electron chi connectivity index (χ2n) is 4.33. The van der Waals surface area contributed by atoms with Crippen LogP contribution in [0.3, 0.4) is 0 Å². The molecule has 2 unspecified atom stereocenters. The van der Waals surface area contributed by atoms with Gasteiger partial charge in [0.2, 0.25) is 11.8 Å². The third-order valence-electron chi connectivity index (χ3n) is 2.45. The fourth-order valence-electron chi connectivity index (χ4n) is 1.61. The van der Waals surface area contributed by atoms with E-state index in [0.29, 0.717) is 6.54 Å². The average molecular weight is 259 g/mol. The zero-order chi connectivity index (χ0) is 14.3. The minimum absolute atomic E-state index is 0.103. The Kier molecular flexibility index (Phi) is 6.96. The van der Waals surface area contributed by atoms with Gasteiger partial charge in [0.1, 0.15) is 6.04 Å². The molecule has 0 saturated heterocycles. The lowest BCUT2D eigenvalue weighted by molar-refractivity contribution is -0.142. The second kappa shape index (κ2) is 7.65. The van der Waals surface area contributed by atoms with Crippen LogP contribution in [0.5, 0.6) is 0 Å². The van der Waals surface area contributed by atoms with Crippen LogP contribution in [0.15, 0.2) is 0 Å². The fraction of sp³-hybridized carbons (Fsp3) is 0.727. The fourth-order valence-corrected chi connectivity index (χ4v) is 1.61. The molecule has 0 heterocycles. The lowest BCUT2D eigenvalue weighted by Gasteiger charge is -2.24. The van der Waals surface area contributed by atoms with Crippen molar-refractivity contribution in [2.24, 2.45) is 5.92 Å². The molecule has 0 saturated carbocycles. The Morgan fingerprint density at radius 3 is 2.22 bits per heavy atom. The number of amides is 2. The van der Waals surface area contributed by atoms with Gasteiger partial charge in [-0.25, -0.2) is 4.79 Å². The molecule has 2 amide bonds. The molecule has 7 nitrogen and oxygen atoms in total. The average Bonchev–Trinajstić information content (AvgIpc) is 2.25. The predicted molar refractivity (Wildman–Crippen MR) is 66.0 cm³/mol. The summed E-state index contributed by atoms with van der Waals surface area (Å²) >= 11 is 0. The summed E-state index contributed by atoms with van der Waals surface area (Å²) < 4.78 is 0. The zero-order valence-electron chi connectivity index (χ0n) is 11.2. The van der Waals surface area contributed by atoms with Gasteiger partial charge < -0.3 is 20.6 Å². The molecule has 0 aliphatic carbocycles. The van der Waals surface area contributed by atoms with Crippen molar-refractivity contribution in [3.63, 3.8) is 0 Å². The molecule has 0 fully saturated rings. The number of hydrogen-bond donors (Lipinski definition) is 3. The third kappa shape index (κ3) is 6.19. The second-order valence-corrected chi connectivity index (χ2v) is 4.33. The highest BCUT2D eigenvalue weighted by Gasteiger charge is 2.22. The minimum atomic E-state index is -1.09. The van der Waals surface area contributed by atoms with Crippen LogP contribution in [0.4, 0.5) is 0 Å². The highest BCUT2D eigenvalue weighted by Crippen LogP contribution is 1.99. The van der Waals surface area contributed by atoms with Crippen LogP contribution in [0.25, 0.3) is 0 Å². The number of hydrogen-bond acceptors (Lipinski definition) is 4. The molecule has 0 rings (SSSR count). The summed E-state index contributed by atoms with van der Waals surface area (Å²) in [4.78, 5) is 34.8. The van der Waals surface area contributed by atoms with Crippen LogP contribution < -0.4 is 10.6 Å². The maximum atomic E-state index is 11.3. The number of rotatable bonds is 7. The summed E-state index contributed by atoms with van der Waals surface area (Å²) in [5.74, 6) is -1.83. The van der Waals surface area contributed by atoms with Crippen LogP contribution in [-0.4, -0.2) is 61.0 Å². The van der Waals surface area contributed by atoms with E-state index < -0.39 is 17.9 Å². The number of nitrogens with zero attached hydrogens (tertiary/aromatic N) is 1. The van der Waals surface area contributed by atoms with Crippen molar-refractivity contribution < 1.29 is 19.5 Å². The summed E-state index contributed by atoms with van der Waals surface area (Å²) in [5, 5.41) is 13.8. The first-order valence-corrected chi connectivity index (χ1v) is 5.68. The molecular formula is C11H21N3O4. The maximum Gasteiger partial charge on any atom is 0.327 e. The van der Waals surface area contributed by atoms with Crippen LogP contribution in [0.1, 0.15) is 13.8 Å². The van der Waals surface area contributed by atoms with Gasteiger partial charge in [-0.05, 0) is 7.05 Å². The Morgan fingerprint density at radius 2 is 1.83 bits per heavy atom. The highest BCUT2D eigenvalue weighted by atomic mass is 16.4. The van der Waals surface area contributed by atoms with E-state index in [4.69, 9.17) is 5.11 Å². The van der Waals surface area contributed by atoms with E-state index in [2.05, 4.69) is 10.6 Å². The Bertz CT molecular complexity index is 319. The van der Waals surface area contributed by atoms with Crippen molar-refractivity contribution in [3.8, 4) is 0 Å². The Morgan fingerprint density at radius 1 is 1.28 bits per heavy atom. The number of carboxylic acids is 1.